The van der Waals surface area contributed by atoms with Crippen LogP contribution in [0.15, 0.2) is 22.9 Å². The average molecular weight is 273 g/mol. The first-order valence-corrected chi connectivity index (χ1v) is 5.62. The lowest BCUT2D eigenvalue weighted by atomic mass is 10.0. The molecule has 1 unspecified atom stereocenters. The fourth-order valence-corrected chi connectivity index (χ4v) is 1.90. The van der Waals surface area contributed by atoms with Gasteiger partial charge in [-0.15, -0.1) is 0 Å². The van der Waals surface area contributed by atoms with E-state index in [1.54, 1.807) is 12.4 Å². The van der Waals surface area contributed by atoms with Crippen LogP contribution in [-0.4, -0.2) is 35.5 Å². The van der Waals surface area contributed by atoms with Crippen LogP contribution in [0.1, 0.15) is 6.42 Å². The molecular weight excluding hydrogens is 260 g/mol. The van der Waals surface area contributed by atoms with Crippen LogP contribution < -0.4 is 5.32 Å². The zero-order valence-corrected chi connectivity index (χ0v) is 9.83. The summed E-state index contributed by atoms with van der Waals surface area (Å²) >= 11 is 3.39. The van der Waals surface area contributed by atoms with Gasteiger partial charge in [0.15, 0.2) is 0 Å². The smallest absolute Gasteiger partial charge is 0.107 e. The maximum absolute atomic E-state index is 10.0. The molecule has 0 bridgehead atoms. The molecule has 4 nitrogen and oxygen atoms in total. The molecule has 1 atom stereocenters. The van der Waals surface area contributed by atoms with Crippen LogP contribution >= 0.6 is 15.9 Å². The van der Waals surface area contributed by atoms with E-state index in [0.717, 1.165) is 10.2 Å². The Hall–Kier alpha value is -0.650. The van der Waals surface area contributed by atoms with Crippen molar-refractivity contribution < 1.29 is 9.84 Å². The van der Waals surface area contributed by atoms with Gasteiger partial charge in [0, 0.05) is 32.0 Å². The van der Waals surface area contributed by atoms with Crippen molar-refractivity contribution in [3.05, 3.63) is 22.9 Å². The largest absolute Gasteiger partial charge is 0.386 e. The zero-order chi connectivity index (χ0) is 10.7. The molecule has 2 N–H and O–H groups in total. The summed E-state index contributed by atoms with van der Waals surface area (Å²) in [4.78, 5) is 3.97. The molecule has 15 heavy (non-hydrogen) atoms. The summed E-state index contributed by atoms with van der Waals surface area (Å²) in [5.41, 5.74) is 0.202. The van der Waals surface area contributed by atoms with Crippen molar-refractivity contribution in [3.8, 4) is 0 Å². The SMILES string of the molecule is OC1(CNc2ccncc2Br)CCOC1. The Morgan fingerprint density at radius 2 is 2.53 bits per heavy atom. The van der Waals surface area contributed by atoms with E-state index >= 15 is 0 Å². The number of nitrogens with zero attached hydrogens (tertiary/aromatic N) is 1. The summed E-state index contributed by atoms with van der Waals surface area (Å²) in [7, 11) is 0. The van der Waals surface area contributed by atoms with E-state index in [-0.39, 0.29) is 0 Å². The number of aliphatic hydroxyl groups is 1. The Kier molecular flexibility index (Phi) is 3.23. The lowest BCUT2D eigenvalue weighted by Crippen LogP contribution is -2.37. The van der Waals surface area contributed by atoms with Crippen LogP contribution in [0.5, 0.6) is 0 Å². The van der Waals surface area contributed by atoms with Crippen LogP contribution in [-0.2, 0) is 4.74 Å². The van der Waals surface area contributed by atoms with E-state index in [4.69, 9.17) is 4.74 Å². The summed E-state index contributed by atoms with van der Waals surface area (Å²) in [5.74, 6) is 0. The summed E-state index contributed by atoms with van der Waals surface area (Å²) in [6.07, 6.45) is 4.11. The molecule has 5 heteroatoms. The maximum Gasteiger partial charge on any atom is 0.107 e. The first-order valence-electron chi connectivity index (χ1n) is 4.83. The van der Waals surface area contributed by atoms with Crippen LogP contribution in [0.4, 0.5) is 5.69 Å². The Bertz CT molecular complexity index is 340. The molecule has 0 spiro atoms. The van der Waals surface area contributed by atoms with Gasteiger partial charge in [0.2, 0.25) is 0 Å². The highest BCUT2D eigenvalue weighted by molar-refractivity contribution is 9.10. The fraction of sp³-hybridized carbons (Fsp3) is 0.500. The predicted molar refractivity (Wildman–Crippen MR) is 60.8 cm³/mol. The molecule has 82 valence electrons. The maximum atomic E-state index is 10.0. The number of pyridine rings is 1. The number of halogens is 1. The Labute approximate surface area is 96.8 Å². The van der Waals surface area contributed by atoms with E-state index in [1.165, 1.54) is 0 Å². The van der Waals surface area contributed by atoms with E-state index < -0.39 is 5.60 Å². The van der Waals surface area contributed by atoms with Gasteiger partial charge < -0.3 is 15.2 Å². The minimum Gasteiger partial charge on any atom is -0.386 e. The molecule has 0 radical (unpaired) electrons. The number of hydrogen-bond acceptors (Lipinski definition) is 4. The highest BCUT2D eigenvalue weighted by atomic mass is 79.9. The average Bonchev–Trinajstić information content (AvgIpc) is 2.65. The van der Waals surface area contributed by atoms with Crippen molar-refractivity contribution in [2.24, 2.45) is 0 Å². The van der Waals surface area contributed by atoms with Gasteiger partial charge in [-0.25, -0.2) is 0 Å². The van der Waals surface area contributed by atoms with Crippen molar-refractivity contribution >= 4 is 21.6 Å². The molecule has 2 heterocycles. The first kappa shape index (κ1) is 10.9. The van der Waals surface area contributed by atoms with Crippen molar-refractivity contribution in [2.45, 2.75) is 12.0 Å². The normalized spacial score (nSPS) is 25.5. The first-order chi connectivity index (χ1) is 7.20. The Morgan fingerprint density at radius 3 is 3.20 bits per heavy atom. The quantitative estimate of drug-likeness (QED) is 0.874. The van der Waals surface area contributed by atoms with Crippen molar-refractivity contribution in [2.75, 3.05) is 25.1 Å². The van der Waals surface area contributed by atoms with Crippen LogP contribution in [0, 0.1) is 0 Å². The highest BCUT2D eigenvalue weighted by Crippen LogP contribution is 2.23. The van der Waals surface area contributed by atoms with Crippen LogP contribution in [0.25, 0.3) is 0 Å². The predicted octanol–water partition coefficient (Wildman–Crippen LogP) is 1.41. The minimum absolute atomic E-state index is 0.405. The van der Waals surface area contributed by atoms with Gasteiger partial charge in [0.25, 0.3) is 0 Å². The van der Waals surface area contributed by atoms with E-state index in [0.29, 0.717) is 26.2 Å². The fourth-order valence-electron chi connectivity index (χ4n) is 1.51. The molecule has 1 aliphatic heterocycles. The standard InChI is InChI=1S/C10H13BrN2O2/c11-8-5-12-3-1-9(8)13-6-10(14)2-4-15-7-10/h1,3,5,14H,2,4,6-7H2,(H,12,13). The second kappa shape index (κ2) is 4.47. The molecule has 0 saturated carbocycles. The van der Waals surface area contributed by atoms with Gasteiger partial charge in [-0.2, -0.15) is 0 Å². The summed E-state index contributed by atoms with van der Waals surface area (Å²) < 4.78 is 6.06. The van der Waals surface area contributed by atoms with Crippen molar-refractivity contribution in [1.29, 1.82) is 0 Å². The molecule has 1 aromatic rings. The Morgan fingerprint density at radius 1 is 1.67 bits per heavy atom. The topological polar surface area (TPSA) is 54.4 Å². The number of anilines is 1. The second-order valence-electron chi connectivity index (χ2n) is 3.74. The highest BCUT2D eigenvalue weighted by Gasteiger charge is 2.31. The van der Waals surface area contributed by atoms with Gasteiger partial charge in [-0.3, -0.25) is 4.98 Å². The van der Waals surface area contributed by atoms with Crippen LogP contribution in [0.3, 0.4) is 0 Å². The zero-order valence-electron chi connectivity index (χ0n) is 8.24. The number of rotatable bonds is 3. The van der Waals surface area contributed by atoms with E-state index in [9.17, 15) is 5.11 Å². The van der Waals surface area contributed by atoms with Gasteiger partial charge in [0.05, 0.1) is 16.8 Å². The number of nitrogens with one attached hydrogen (secondary N) is 1. The minimum atomic E-state index is -0.733. The van der Waals surface area contributed by atoms with Crippen LogP contribution in [0.2, 0.25) is 0 Å². The molecule has 0 aliphatic carbocycles. The summed E-state index contributed by atoms with van der Waals surface area (Å²) in [6, 6.07) is 1.86. The van der Waals surface area contributed by atoms with E-state index in [1.807, 2.05) is 6.07 Å². The van der Waals surface area contributed by atoms with Crippen molar-refractivity contribution in [3.63, 3.8) is 0 Å². The molecule has 1 aromatic heterocycles. The van der Waals surface area contributed by atoms with E-state index in [2.05, 4.69) is 26.2 Å². The van der Waals surface area contributed by atoms with Gasteiger partial charge in [-0.05, 0) is 22.0 Å². The molecule has 0 aromatic carbocycles. The van der Waals surface area contributed by atoms with Crippen molar-refractivity contribution in [1.82, 2.24) is 4.98 Å². The number of aromatic nitrogens is 1. The third-order valence-electron chi connectivity index (χ3n) is 2.46. The Balaban J connectivity index is 1.95. The molecule has 1 saturated heterocycles. The summed E-state index contributed by atoms with van der Waals surface area (Å²) in [6.45, 7) is 1.54. The molecular formula is C10H13BrN2O2. The summed E-state index contributed by atoms with van der Waals surface area (Å²) in [5, 5.41) is 13.2. The lowest BCUT2D eigenvalue weighted by Gasteiger charge is -2.21. The van der Waals surface area contributed by atoms with Gasteiger partial charge in [0.1, 0.15) is 5.60 Å². The third-order valence-corrected chi connectivity index (χ3v) is 3.09. The second-order valence-corrected chi connectivity index (χ2v) is 4.59. The molecule has 1 aliphatic rings. The number of ether oxygens (including phenoxy) is 1. The third kappa shape index (κ3) is 2.68. The number of hydrogen-bond donors (Lipinski definition) is 2. The molecule has 1 fully saturated rings. The van der Waals surface area contributed by atoms with Gasteiger partial charge >= 0.3 is 0 Å². The molecule has 0 amide bonds. The lowest BCUT2D eigenvalue weighted by molar-refractivity contribution is 0.0382. The molecule has 2 rings (SSSR count). The van der Waals surface area contributed by atoms with Gasteiger partial charge in [-0.1, -0.05) is 0 Å². The monoisotopic (exact) mass is 272 g/mol.